The molecule has 0 aliphatic rings. The molecule has 0 aliphatic carbocycles. The minimum atomic E-state index is -0.440. The van der Waals surface area contributed by atoms with Crippen LogP contribution in [0.5, 0.6) is 0 Å². The highest BCUT2D eigenvalue weighted by Crippen LogP contribution is 2.11. The zero-order valence-electron chi connectivity index (χ0n) is 11.7. The molecule has 19 heavy (non-hydrogen) atoms. The molecule has 1 aromatic heterocycles. The molecule has 0 saturated heterocycles. The van der Waals surface area contributed by atoms with Gasteiger partial charge < -0.3 is 19.2 Å². The van der Waals surface area contributed by atoms with Crippen molar-refractivity contribution in [3.63, 3.8) is 0 Å². The van der Waals surface area contributed by atoms with E-state index in [0.717, 1.165) is 44.6 Å². The Labute approximate surface area is 114 Å². The Morgan fingerprint density at radius 3 is 2.89 bits per heavy atom. The second-order valence-electron chi connectivity index (χ2n) is 4.26. The molecule has 0 fully saturated rings. The number of carbonyl (C=O) groups is 1. The van der Waals surface area contributed by atoms with Crippen LogP contribution in [0.15, 0.2) is 16.7 Å². The Kier molecular flexibility index (Phi) is 7.93. The first kappa shape index (κ1) is 15.7. The summed E-state index contributed by atoms with van der Waals surface area (Å²) in [7, 11) is 1.34. The molecule has 1 aromatic rings. The van der Waals surface area contributed by atoms with Crippen molar-refractivity contribution in [2.45, 2.75) is 32.7 Å². The predicted octanol–water partition coefficient (Wildman–Crippen LogP) is 2.36. The lowest BCUT2D eigenvalue weighted by molar-refractivity contribution is 0.0563. The highest BCUT2D eigenvalue weighted by molar-refractivity contribution is 5.87. The molecule has 0 aliphatic heterocycles. The van der Waals surface area contributed by atoms with Gasteiger partial charge in [0.05, 0.1) is 13.4 Å². The van der Waals surface area contributed by atoms with Gasteiger partial charge >= 0.3 is 5.97 Å². The highest BCUT2D eigenvalue weighted by atomic mass is 16.5. The number of hydrogen-bond acceptors (Lipinski definition) is 5. The summed E-state index contributed by atoms with van der Waals surface area (Å²) in [4.78, 5) is 11.4. The van der Waals surface area contributed by atoms with Crippen LogP contribution in [0.4, 0.5) is 0 Å². The van der Waals surface area contributed by atoms with E-state index in [0.29, 0.717) is 6.54 Å². The minimum absolute atomic E-state index is 0.272. The molecule has 1 N–H and O–H groups in total. The van der Waals surface area contributed by atoms with Crippen LogP contribution in [0.1, 0.15) is 42.3 Å². The van der Waals surface area contributed by atoms with E-state index < -0.39 is 5.97 Å². The number of nitrogens with one attached hydrogen (secondary N) is 1. The molecule has 1 heterocycles. The number of carbonyl (C=O) groups excluding carboxylic acids is 1. The van der Waals surface area contributed by atoms with Crippen molar-refractivity contribution in [1.29, 1.82) is 0 Å². The van der Waals surface area contributed by atoms with Gasteiger partial charge in [-0.3, -0.25) is 0 Å². The molecule has 0 amide bonds. The number of ether oxygens (including phenoxy) is 2. The van der Waals surface area contributed by atoms with Crippen LogP contribution in [0.3, 0.4) is 0 Å². The summed E-state index contributed by atoms with van der Waals surface area (Å²) in [5.74, 6) is -0.168. The Bertz CT molecular complexity index is 362. The van der Waals surface area contributed by atoms with Gasteiger partial charge in [-0.1, -0.05) is 13.3 Å². The maximum Gasteiger partial charge on any atom is 0.374 e. The molecular formula is C14H23NO4. The van der Waals surface area contributed by atoms with Crippen LogP contribution in [0.2, 0.25) is 0 Å². The average molecular weight is 269 g/mol. The molecule has 0 atom stereocenters. The molecule has 0 saturated carbocycles. The molecule has 1 rings (SSSR count). The Morgan fingerprint density at radius 1 is 1.37 bits per heavy atom. The topological polar surface area (TPSA) is 60.7 Å². The van der Waals surface area contributed by atoms with Gasteiger partial charge in [-0.15, -0.1) is 0 Å². The van der Waals surface area contributed by atoms with E-state index >= 15 is 0 Å². The Hall–Kier alpha value is -1.33. The molecule has 0 bridgehead atoms. The van der Waals surface area contributed by atoms with E-state index in [2.05, 4.69) is 17.0 Å². The van der Waals surface area contributed by atoms with Gasteiger partial charge in [0.2, 0.25) is 5.76 Å². The zero-order valence-corrected chi connectivity index (χ0v) is 11.7. The van der Waals surface area contributed by atoms with Crippen LogP contribution in [-0.2, 0) is 16.0 Å². The molecule has 0 unspecified atom stereocenters. The van der Waals surface area contributed by atoms with E-state index in [1.807, 2.05) is 0 Å². The smallest absolute Gasteiger partial charge is 0.374 e. The molecular weight excluding hydrogens is 246 g/mol. The molecule has 0 aromatic carbocycles. The number of rotatable bonds is 10. The van der Waals surface area contributed by atoms with E-state index in [-0.39, 0.29) is 5.76 Å². The summed E-state index contributed by atoms with van der Waals surface area (Å²) in [5, 5.41) is 3.25. The number of unbranched alkanes of at least 4 members (excludes halogenated alkanes) is 1. The normalized spacial score (nSPS) is 10.6. The summed E-state index contributed by atoms with van der Waals surface area (Å²) in [6.45, 7) is 5.19. The minimum Gasteiger partial charge on any atom is -0.463 e. The number of methoxy groups -OCH3 is 1. The SMILES string of the molecule is CCCCOCCCNCc1ccoc1C(=O)OC. The average Bonchev–Trinajstić information content (AvgIpc) is 2.89. The maximum atomic E-state index is 11.4. The van der Waals surface area contributed by atoms with Gasteiger partial charge in [-0.05, 0) is 25.5 Å². The van der Waals surface area contributed by atoms with Gasteiger partial charge in [0.25, 0.3) is 0 Å². The van der Waals surface area contributed by atoms with Crippen LogP contribution in [0, 0.1) is 0 Å². The number of esters is 1. The van der Waals surface area contributed by atoms with Crippen molar-refractivity contribution in [3.8, 4) is 0 Å². The first-order valence-corrected chi connectivity index (χ1v) is 6.72. The van der Waals surface area contributed by atoms with E-state index in [1.165, 1.54) is 13.4 Å². The quantitative estimate of drug-likeness (QED) is 0.522. The molecule has 5 nitrogen and oxygen atoms in total. The van der Waals surface area contributed by atoms with Crippen molar-refractivity contribution < 1.29 is 18.7 Å². The summed E-state index contributed by atoms with van der Waals surface area (Å²) < 4.78 is 15.2. The van der Waals surface area contributed by atoms with E-state index in [4.69, 9.17) is 9.15 Å². The first-order chi connectivity index (χ1) is 9.29. The van der Waals surface area contributed by atoms with Crippen LogP contribution >= 0.6 is 0 Å². The third-order valence-electron chi connectivity index (χ3n) is 2.72. The lowest BCUT2D eigenvalue weighted by Gasteiger charge is -2.05. The molecule has 108 valence electrons. The standard InChI is InChI=1S/C14H23NO4/c1-3-4-8-18-9-5-7-15-11-12-6-10-19-13(12)14(16)17-2/h6,10,15H,3-5,7-9,11H2,1-2H3. The summed E-state index contributed by atoms with van der Waals surface area (Å²) >= 11 is 0. The first-order valence-electron chi connectivity index (χ1n) is 6.72. The number of hydrogen-bond donors (Lipinski definition) is 1. The summed E-state index contributed by atoms with van der Waals surface area (Å²) in [6, 6.07) is 1.77. The fourth-order valence-electron chi connectivity index (χ4n) is 1.62. The summed E-state index contributed by atoms with van der Waals surface area (Å²) in [5.41, 5.74) is 0.818. The summed E-state index contributed by atoms with van der Waals surface area (Å²) in [6.07, 6.45) is 4.73. The lowest BCUT2D eigenvalue weighted by Crippen LogP contribution is -2.18. The highest BCUT2D eigenvalue weighted by Gasteiger charge is 2.14. The van der Waals surface area contributed by atoms with Crippen LogP contribution in [0.25, 0.3) is 0 Å². The van der Waals surface area contributed by atoms with Crippen LogP contribution < -0.4 is 5.32 Å². The van der Waals surface area contributed by atoms with E-state index in [9.17, 15) is 4.79 Å². The maximum absolute atomic E-state index is 11.4. The number of furan rings is 1. The fraction of sp³-hybridized carbons (Fsp3) is 0.643. The van der Waals surface area contributed by atoms with Crippen molar-refractivity contribution in [2.75, 3.05) is 26.9 Å². The Morgan fingerprint density at radius 2 is 2.16 bits per heavy atom. The van der Waals surface area contributed by atoms with Crippen molar-refractivity contribution in [2.24, 2.45) is 0 Å². The molecule has 5 heteroatoms. The fourth-order valence-corrected chi connectivity index (χ4v) is 1.62. The third-order valence-corrected chi connectivity index (χ3v) is 2.72. The van der Waals surface area contributed by atoms with Crippen molar-refractivity contribution >= 4 is 5.97 Å². The van der Waals surface area contributed by atoms with Crippen LogP contribution in [-0.4, -0.2) is 32.8 Å². The van der Waals surface area contributed by atoms with Crippen molar-refractivity contribution in [3.05, 3.63) is 23.7 Å². The van der Waals surface area contributed by atoms with Crippen molar-refractivity contribution in [1.82, 2.24) is 5.32 Å². The lowest BCUT2D eigenvalue weighted by atomic mass is 10.2. The van der Waals surface area contributed by atoms with Gasteiger partial charge in [-0.2, -0.15) is 0 Å². The predicted molar refractivity (Wildman–Crippen MR) is 72.1 cm³/mol. The second-order valence-corrected chi connectivity index (χ2v) is 4.26. The van der Waals surface area contributed by atoms with Gasteiger partial charge in [0.1, 0.15) is 0 Å². The molecule has 0 spiro atoms. The largest absolute Gasteiger partial charge is 0.463 e. The van der Waals surface area contributed by atoms with E-state index in [1.54, 1.807) is 6.07 Å². The van der Waals surface area contributed by atoms with Gasteiger partial charge in [-0.25, -0.2) is 4.79 Å². The Balaban J connectivity index is 2.13. The second kappa shape index (κ2) is 9.58. The van der Waals surface area contributed by atoms with Gasteiger partial charge in [0.15, 0.2) is 0 Å². The van der Waals surface area contributed by atoms with Gasteiger partial charge in [0, 0.05) is 25.3 Å². The zero-order chi connectivity index (χ0) is 13.9. The third kappa shape index (κ3) is 5.89. The monoisotopic (exact) mass is 269 g/mol. The molecule has 0 radical (unpaired) electrons.